The number of aliphatic imine (C=N–C) groups is 1. The second-order valence-corrected chi connectivity index (χ2v) is 11.3. The summed E-state index contributed by atoms with van der Waals surface area (Å²) < 4.78 is 40.1. The minimum absolute atomic E-state index is 0.0133. The van der Waals surface area contributed by atoms with Gasteiger partial charge >= 0.3 is 0 Å². The van der Waals surface area contributed by atoms with Crippen molar-refractivity contribution in [1.29, 1.82) is 0 Å². The van der Waals surface area contributed by atoms with Crippen molar-refractivity contribution in [1.82, 2.24) is 25.2 Å². The number of nitrogens with two attached hydrogens (primary N) is 2. The van der Waals surface area contributed by atoms with Gasteiger partial charge in [0.2, 0.25) is 15.9 Å². The molecular formula is C19H35FN8O3S. The number of sulfonamides is 1. The molecule has 3 unspecified atom stereocenters. The Hall–Kier alpha value is -1.22. The molecule has 1 aliphatic carbocycles. The lowest BCUT2D eigenvalue weighted by Gasteiger charge is -2.43. The molecule has 13 heteroatoms. The van der Waals surface area contributed by atoms with E-state index in [0.29, 0.717) is 32.7 Å². The van der Waals surface area contributed by atoms with Crippen molar-refractivity contribution in [3.8, 4) is 0 Å². The van der Waals surface area contributed by atoms with Crippen LogP contribution in [0.3, 0.4) is 0 Å². The molecule has 11 nitrogen and oxygen atoms in total. The molecule has 3 aliphatic heterocycles. The fourth-order valence-electron chi connectivity index (χ4n) is 4.80. The molecule has 4 aliphatic rings. The highest BCUT2D eigenvalue weighted by Gasteiger charge is 2.43. The molecule has 1 amide bonds. The quantitative estimate of drug-likeness (QED) is 0.247. The van der Waals surface area contributed by atoms with E-state index in [4.69, 9.17) is 11.5 Å². The standard InChI is InChI=1S/C19H35FN8O3S/c20-12-9-24-18(25-10-12)16(17(21)22)19(29)26-14-11-23-4-3-15(14)27-5-7-28(8-6-27)32(30,31)13-1-2-13/h11-18,24-25H,1-10,21-22H2,(H,26,29). The third kappa shape index (κ3) is 5.29. The third-order valence-electron chi connectivity index (χ3n) is 6.79. The van der Waals surface area contributed by atoms with Crippen molar-refractivity contribution in [3.63, 3.8) is 0 Å². The van der Waals surface area contributed by atoms with Gasteiger partial charge in [-0.1, -0.05) is 0 Å². The monoisotopic (exact) mass is 474 g/mol. The van der Waals surface area contributed by atoms with E-state index in [1.165, 1.54) is 0 Å². The summed E-state index contributed by atoms with van der Waals surface area (Å²) in [5.74, 6) is -1.10. The Morgan fingerprint density at radius 2 is 1.78 bits per heavy atom. The molecule has 0 aromatic rings. The molecule has 3 fully saturated rings. The molecule has 3 atom stereocenters. The van der Waals surface area contributed by atoms with Gasteiger partial charge in [-0.15, -0.1) is 0 Å². The SMILES string of the molecule is NC(N)C(C(=O)NC1C=NCCC1N1CCN(S(=O)(=O)C2CC2)CC1)C1NCC(F)CN1. The van der Waals surface area contributed by atoms with E-state index in [1.54, 1.807) is 10.5 Å². The largest absolute Gasteiger partial charge is 0.346 e. The first kappa shape index (κ1) is 23.9. The number of alkyl halides is 1. The van der Waals surface area contributed by atoms with Crippen LogP contribution in [0, 0.1) is 5.92 Å². The predicted molar refractivity (Wildman–Crippen MR) is 119 cm³/mol. The summed E-state index contributed by atoms with van der Waals surface area (Å²) in [7, 11) is -3.17. The van der Waals surface area contributed by atoms with Gasteiger partial charge in [0.05, 0.1) is 29.5 Å². The molecule has 2 saturated heterocycles. The Balaban J connectivity index is 1.37. The zero-order chi connectivity index (χ0) is 22.9. The molecule has 0 bridgehead atoms. The van der Waals surface area contributed by atoms with Crippen LogP contribution in [-0.4, -0.2) is 111 Å². The predicted octanol–water partition coefficient (Wildman–Crippen LogP) is -2.86. The maximum Gasteiger partial charge on any atom is 0.229 e. The van der Waals surface area contributed by atoms with E-state index in [1.807, 2.05) is 0 Å². The minimum Gasteiger partial charge on any atom is -0.346 e. The molecule has 3 heterocycles. The zero-order valence-electron chi connectivity index (χ0n) is 18.2. The topological polar surface area (TPSA) is 158 Å². The number of carbonyl (C=O) groups is 1. The van der Waals surface area contributed by atoms with E-state index >= 15 is 0 Å². The van der Waals surface area contributed by atoms with E-state index < -0.39 is 34.4 Å². The summed E-state index contributed by atoms with van der Waals surface area (Å²) in [5.41, 5.74) is 11.8. The van der Waals surface area contributed by atoms with Crippen LogP contribution >= 0.6 is 0 Å². The van der Waals surface area contributed by atoms with Crippen molar-refractivity contribution in [2.45, 2.75) is 55.1 Å². The molecule has 4 rings (SSSR count). The van der Waals surface area contributed by atoms with Gasteiger partial charge in [0.1, 0.15) is 6.17 Å². The van der Waals surface area contributed by atoms with Gasteiger partial charge in [0.25, 0.3) is 0 Å². The van der Waals surface area contributed by atoms with Gasteiger partial charge in [-0.05, 0) is 19.3 Å². The van der Waals surface area contributed by atoms with Crippen molar-refractivity contribution in [3.05, 3.63) is 0 Å². The van der Waals surface area contributed by atoms with E-state index in [9.17, 15) is 17.6 Å². The van der Waals surface area contributed by atoms with Gasteiger partial charge < -0.3 is 16.8 Å². The second kappa shape index (κ2) is 9.95. The Morgan fingerprint density at radius 1 is 1.12 bits per heavy atom. The fraction of sp³-hybridized carbons (Fsp3) is 0.895. The van der Waals surface area contributed by atoms with Crippen LogP contribution < -0.4 is 27.4 Å². The summed E-state index contributed by atoms with van der Waals surface area (Å²) in [5, 5.41) is 8.76. The molecule has 1 saturated carbocycles. The van der Waals surface area contributed by atoms with Crippen LogP contribution in [0.4, 0.5) is 4.39 Å². The van der Waals surface area contributed by atoms with Gasteiger partial charge in [-0.3, -0.25) is 25.3 Å². The number of hydrogen-bond donors (Lipinski definition) is 5. The number of carbonyl (C=O) groups excluding carboxylic acids is 1. The van der Waals surface area contributed by atoms with Crippen LogP contribution in [0.15, 0.2) is 4.99 Å². The molecule has 0 spiro atoms. The maximum absolute atomic E-state index is 13.4. The number of nitrogens with one attached hydrogen (secondary N) is 3. The minimum atomic E-state index is -3.17. The van der Waals surface area contributed by atoms with Crippen LogP contribution in [0.1, 0.15) is 19.3 Å². The first-order valence-corrected chi connectivity index (χ1v) is 12.9. The summed E-state index contributed by atoms with van der Waals surface area (Å²) in [4.78, 5) is 19.7. The average molecular weight is 475 g/mol. The van der Waals surface area contributed by atoms with Crippen LogP contribution in [0.2, 0.25) is 0 Å². The molecule has 0 aromatic heterocycles. The summed E-state index contributed by atoms with van der Waals surface area (Å²) in [6.07, 6.45) is 1.57. The van der Waals surface area contributed by atoms with Crippen LogP contribution in [0.25, 0.3) is 0 Å². The number of halogens is 1. The Kier molecular flexibility index (Phi) is 7.44. The first-order chi connectivity index (χ1) is 15.3. The van der Waals surface area contributed by atoms with Crippen molar-refractivity contribution in [2.24, 2.45) is 22.4 Å². The number of amides is 1. The zero-order valence-corrected chi connectivity index (χ0v) is 19.0. The van der Waals surface area contributed by atoms with Crippen LogP contribution in [-0.2, 0) is 14.8 Å². The van der Waals surface area contributed by atoms with E-state index in [0.717, 1.165) is 19.3 Å². The Labute approximate surface area is 188 Å². The number of nitrogens with zero attached hydrogens (tertiary/aromatic N) is 3. The Bertz CT molecular complexity index is 792. The molecule has 0 radical (unpaired) electrons. The van der Waals surface area contributed by atoms with Crippen LogP contribution in [0.5, 0.6) is 0 Å². The molecule has 7 N–H and O–H groups in total. The lowest BCUT2D eigenvalue weighted by Crippen LogP contribution is -2.67. The summed E-state index contributed by atoms with van der Waals surface area (Å²) in [6, 6.07) is -0.319. The number of hydrogen-bond acceptors (Lipinski definition) is 9. The van der Waals surface area contributed by atoms with Gasteiger partial charge in [-0.2, -0.15) is 4.31 Å². The molecule has 32 heavy (non-hydrogen) atoms. The normalized spacial score (nSPS) is 33.9. The first-order valence-electron chi connectivity index (χ1n) is 11.4. The van der Waals surface area contributed by atoms with Gasteiger partial charge in [0.15, 0.2) is 0 Å². The Morgan fingerprint density at radius 3 is 2.38 bits per heavy atom. The lowest BCUT2D eigenvalue weighted by atomic mass is 9.96. The average Bonchev–Trinajstić information content (AvgIpc) is 3.62. The fourth-order valence-corrected chi connectivity index (χ4v) is 6.63. The second-order valence-electron chi connectivity index (χ2n) is 9.12. The maximum atomic E-state index is 13.4. The highest BCUT2D eigenvalue weighted by molar-refractivity contribution is 7.90. The lowest BCUT2D eigenvalue weighted by molar-refractivity contribution is -0.128. The van der Waals surface area contributed by atoms with Crippen molar-refractivity contribution >= 4 is 22.1 Å². The smallest absolute Gasteiger partial charge is 0.229 e. The molecular weight excluding hydrogens is 439 g/mol. The van der Waals surface area contributed by atoms with Crippen molar-refractivity contribution in [2.75, 3.05) is 45.8 Å². The molecule has 182 valence electrons. The highest BCUT2D eigenvalue weighted by Crippen LogP contribution is 2.31. The van der Waals surface area contributed by atoms with E-state index in [-0.39, 0.29) is 36.3 Å². The number of rotatable bonds is 7. The van der Waals surface area contributed by atoms with E-state index in [2.05, 4.69) is 25.8 Å². The summed E-state index contributed by atoms with van der Waals surface area (Å²) in [6.45, 7) is 3.07. The highest BCUT2D eigenvalue weighted by atomic mass is 32.2. The molecule has 0 aromatic carbocycles. The van der Waals surface area contributed by atoms with Gasteiger partial charge in [-0.25, -0.2) is 12.8 Å². The number of piperazine rings is 1. The third-order valence-corrected chi connectivity index (χ3v) is 9.19. The van der Waals surface area contributed by atoms with Crippen molar-refractivity contribution < 1.29 is 17.6 Å². The summed E-state index contributed by atoms with van der Waals surface area (Å²) >= 11 is 0. The van der Waals surface area contributed by atoms with Gasteiger partial charge in [0, 0.05) is 58.1 Å².